The van der Waals surface area contributed by atoms with Gasteiger partial charge in [-0.05, 0) is 48.4 Å². The first-order valence-corrected chi connectivity index (χ1v) is 13.1. The van der Waals surface area contributed by atoms with Gasteiger partial charge >= 0.3 is 0 Å². The summed E-state index contributed by atoms with van der Waals surface area (Å²) in [6.07, 6.45) is 7.70. The number of nitro groups is 1. The predicted octanol–water partition coefficient (Wildman–Crippen LogP) is 1.74. The number of nitriles is 1. The van der Waals surface area contributed by atoms with Crippen molar-refractivity contribution in [1.82, 2.24) is 19.9 Å². The van der Waals surface area contributed by atoms with Crippen LogP contribution in [0.25, 0.3) is 11.6 Å². The van der Waals surface area contributed by atoms with Gasteiger partial charge in [0.2, 0.25) is 0 Å². The highest BCUT2D eigenvalue weighted by Crippen LogP contribution is 2.33. The number of benzene rings is 1. The van der Waals surface area contributed by atoms with E-state index in [1.54, 1.807) is 30.6 Å². The number of carbonyl (C=O) groups excluding carboxylic acids is 1. The maximum atomic E-state index is 13.2. The van der Waals surface area contributed by atoms with E-state index in [9.17, 15) is 25.0 Å². The van der Waals surface area contributed by atoms with Gasteiger partial charge in [0.25, 0.3) is 17.2 Å². The second kappa shape index (κ2) is 12.4. The molecule has 1 atom stereocenters. The van der Waals surface area contributed by atoms with Crippen molar-refractivity contribution in [3.8, 4) is 6.07 Å². The fraction of sp³-hybridized carbons (Fsp3) is 0.240. The van der Waals surface area contributed by atoms with Crippen molar-refractivity contribution in [2.75, 3.05) is 13.2 Å². The van der Waals surface area contributed by atoms with E-state index in [0.29, 0.717) is 22.2 Å². The van der Waals surface area contributed by atoms with Gasteiger partial charge in [-0.3, -0.25) is 24.3 Å². The Morgan fingerprint density at radius 3 is 2.87 bits per heavy atom. The van der Waals surface area contributed by atoms with E-state index in [4.69, 9.17) is 4.74 Å². The molecule has 194 valence electrons. The second-order valence-electron chi connectivity index (χ2n) is 8.07. The highest BCUT2D eigenvalue weighted by atomic mass is 32.2. The molecule has 0 spiro atoms. The fourth-order valence-corrected chi connectivity index (χ4v) is 5.64. The van der Waals surface area contributed by atoms with E-state index in [1.807, 2.05) is 6.07 Å². The van der Waals surface area contributed by atoms with Crippen LogP contribution >= 0.6 is 23.1 Å². The van der Waals surface area contributed by atoms with Crippen LogP contribution in [0.2, 0.25) is 0 Å². The number of nitrogens with zero attached hydrogens (tertiary/aromatic N) is 5. The number of amides is 1. The fourth-order valence-electron chi connectivity index (χ4n) is 3.74. The zero-order valence-electron chi connectivity index (χ0n) is 20.0. The molecule has 1 aromatic carbocycles. The first-order valence-electron chi connectivity index (χ1n) is 11.5. The summed E-state index contributed by atoms with van der Waals surface area (Å²) in [7, 11) is 0. The van der Waals surface area contributed by atoms with Crippen molar-refractivity contribution in [3.05, 3.63) is 84.5 Å². The molecule has 3 heterocycles. The maximum Gasteiger partial charge on any atom is 0.283 e. The quantitative estimate of drug-likeness (QED) is 0.182. The van der Waals surface area contributed by atoms with Crippen molar-refractivity contribution in [2.24, 2.45) is 0 Å². The van der Waals surface area contributed by atoms with Gasteiger partial charge in [-0.2, -0.15) is 5.26 Å². The van der Waals surface area contributed by atoms with Gasteiger partial charge in [0.15, 0.2) is 10.7 Å². The Hall–Kier alpha value is -4.12. The van der Waals surface area contributed by atoms with Crippen molar-refractivity contribution in [1.29, 1.82) is 5.26 Å². The number of rotatable bonds is 9. The molecule has 1 aliphatic rings. The molecule has 1 unspecified atom stereocenters. The third kappa shape index (κ3) is 6.23. The molecule has 0 bridgehead atoms. The minimum atomic E-state index is -0.603. The molecule has 1 amide bonds. The minimum absolute atomic E-state index is 0.0789. The van der Waals surface area contributed by atoms with Crippen LogP contribution in [0.15, 0.2) is 64.2 Å². The Morgan fingerprint density at radius 2 is 2.21 bits per heavy atom. The summed E-state index contributed by atoms with van der Waals surface area (Å²) in [6.45, 7) is 4.64. The summed E-state index contributed by atoms with van der Waals surface area (Å²) in [5, 5.41) is 24.6. The average Bonchev–Trinajstić information content (AvgIpc) is 3.54. The summed E-state index contributed by atoms with van der Waals surface area (Å²) in [5.41, 5.74) is -0.403. The SMILES string of the molecule is C=CCn1c(=O)/c(=C\c2ccc(Sc3ncccn3)c([N+](=O)[O-])c2)s/c1=C(\C#N)C(=O)NCC1CCCO1. The molecule has 0 saturated carbocycles. The first-order chi connectivity index (χ1) is 18.4. The van der Waals surface area contributed by atoms with Crippen LogP contribution in [0.5, 0.6) is 0 Å². The summed E-state index contributed by atoms with van der Waals surface area (Å²) in [5.74, 6) is -0.603. The second-order valence-corrected chi connectivity index (χ2v) is 10.1. The van der Waals surface area contributed by atoms with Gasteiger partial charge in [0.1, 0.15) is 10.7 Å². The van der Waals surface area contributed by atoms with Crippen LogP contribution in [0, 0.1) is 21.4 Å². The van der Waals surface area contributed by atoms with Crippen molar-refractivity contribution < 1.29 is 14.5 Å². The zero-order valence-corrected chi connectivity index (χ0v) is 21.7. The lowest BCUT2D eigenvalue weighted by Gasteiger charge is -2.10. The average molecular weight is 551 g/mol. The number of carbonyl (C=O) groups is 1. The standard InChI is InChI=1S/C25H22N6O5S2/c1-2-10-30-23(33)21(37-24(30)18(14-26)22(32)29-15-17-5-3-11-36-17)13-16-6-7-20(19(12-16)31(34)35)38-25-27-8-4-9-28-25/h2,4,6-9,12-13,17H,1,3,5,10-11,15H2,(H,29,32)/b21-13+,24-18+. The molecule has 2 aromatic heterocycles. The molecule has 1 N–H and O–H groups in total. The van der Waals surface area contributed by atoms with E-state index < -0.39 is 16.4 Å². The molecule has 4 rings (SSSR count). The van der Waals surface area contributed by atoms with Gasteiger partial charge in [-0.15, -0.1) is 17.9 Å². The number of allylic oxidation sites excluding steroid dienone is 1. The Morgan fingerprint density at radius 1 is 1.42 bits per heavy atom. The number of ether oxygens (including phenoxy) is 1. The molecule has 1 saturated heterocycles. The molecule has 11 nitrogen and oxygen atoms in total. The molecular formula is C25H22N6O5S2. The number of thiazole rings is 1. The highest BCUT2D eigenvalue weighted by Gasteiger charge is 2.20. The lowest BCUT2D eigenvalue weighted by Crippen LogP contribution is -2.36. The Kier molecular flexibility index (Phi) is 8.80. The van der Waals surface area contributed by atoms with Gasteiger partial charge < -0.3 is 10.1 Å². The van der Waals surface area contributed by atoms with E-state index in [1.165, 1.54) is 22.8 Å². The van der Waals surface area contributed by atoms with Crippen LogP contribution in [0.3, 0.4) is 0 Å². The van der Waals surface area contributed by atoms with Crippen LogP contribution in [-0.4, -0.2) is 44.6 Å². The van der Waals surface area contributed by atoms with E-state index >= 15 is 0 Å². The smallest absolute Gasteiger partial charge is 0.283 e. The van der Waals surface area contributed by atoms with Crippen LogP contribution in [-0.2, 0) is 16.1 Å². The Balaban J connectivity index is 1.74. The molecule has 38 heavy (non-hydrogen) atoms. The lowest BCUT2D eigenvalue weighted by atomic mass is 10.2. The van der Waals surface area contributed by atoms with Crippen molar-refractivity contribution in [2.45, 2.75) is 35.5 Å². The number of nitrogens with one attached hydrogen (secondary N) is 1. The maximum absolute atomic E-state index is 13.2. The van der Waals surface area contributed by atoms with Crippen LogP contribution < -0.4 is 20.1 Å². The summed E-state index contributed by atoms with van der Waals surface area (Å²) in [6, 6.07) is 8.11. The van der Waals surface area contributed by atoms with Crippen LogP contribution in [0.4, 0.5) is 5.69 Å². The molecule has 1 fully saturated rings. The third-order valence-corrected chi connectivity index (χ3v) is 7.60. The van der Waals surface area contributed by atoms with Gasteiger partial charge in [-0.1, -0.05) is 12.1 Å². The monoisotopic (exact) mass is 550 g/mol. The molecule has 0 radical (unpaired) electrons. The number of aromatic nitrogens is 3. The Bertz CT molecular complexity index is 1590. The van der Waals surface area contributed by atoms with E-state index in [0.717, 1.165) is 35.9 Å². The normalized spacial score (nSPS) is 16.1. The summed E-state index contributed by atoms with van der Waals surface area (Å²) >= 11 is 2.01. The van der Waals surface area contributed by atoms with Crippen LogP contribution in [0.1, 0.15) is 18.4 Å². The molecule has 3 aromatic rings. The Labute approximate surface area is 225 Å². The number of hydrogen-bond donors (Lipinski definition) is 1. The van der Waals surface area contributed by atoms with Crippen molar-refractivity contribution >= 4 is 46.3 Å². The van der Waals surface area contributed by atoms with Gasteiger partial charge in [0.05, 0.1) is 20.5 Å². The molecule has 13 heteroatoms. The van der Waals surface area contributed by atoms with Gasteiger partial charge in [0, 0.05) is 38.2 Å². The summed E-state index contributed by atoms with van der Waals surface area (Å²) < 4.78 is 7.19. The first kappa shape index (κ1) is 26.9. The number of hydrogen-bond acceptors (Lipinski definition) is 10. The van der Waals surface area contributed by atoms with E-state index in [2.05, 4.69) is 21.9 Å². The lowest BCUT2D eigenvalue weighted by molar-refractivity contribution is -0.387. The number of nitro benzene ring substituents is 1. The summed E-state index contributed by atoms with van der Waals surface area (Å²) in [4.78, 5) is 45.8. The predicted molar refractivity (Wildman–Crippen MR) is 142 cm³/mol. The minimum Gasteiger partial charge on any atom is -0.376 e. The molecule has 0 aliphatic carbocycles. The molecule has 1 aliphatic heterocycles. The third-order valence-electron chi connectivity index (χ3n) is 5.51. The van der Waals surface area contributed by atoms with Crippen molar-refractivity contribution in [3.63, 3.8) is 0 Å². The zero-order chi connectivity index (χ0) is 27.1. The largest absolute Gasteiger partial charge is 0.376 e. The molecular weight excluding hydrogens is 528 g/mol. The topological polar surface area (TPSA) is 153 Å². The van der Waals surface area contributed by atoms with E-state index in [-0.39, 0.29) is 39.6 Å². The highest BCUT2D eigenvalue weighted by molar-refractivity contribution is 7.99. The van der Waals surface area contributed by atoms with Gasteiger partial charge in [-0.25, -0.2) is 9.97 Å².